The van der Waals surface area contributed by atoms with Crippen LogP contribution in [0.5, 0.6) is 0 Å². The second kappa shape index (κ2) is 8.10. The summed E-state index contributed by atoms with van der Waals surface area (Å²) in [4.78, 5) is 17.1. The monoisotopic (exact) mass is 382 g/mol. The topological polar surface area (TPSA) is 97.2 Å². The summed E-state index contributed by atoms with van der Waals surface area (Å²) in [6, 6.07) is 1.89. The highest BCUT2D eigenvalue weighted by Crippen LogP contribution is 2.32. The third-order valence-corrected chi connectivity index (χ3v) is 5.55. The largest absolute Gasteiger partial charge is 0.373 e. The number of carbonyl (C=O) groups is 1. The number of amides is 1. The van der Waals surface area contributed by atoms with E-state index in [1.54, 1.807) is 12.4 Å². The maximum Gasteiger partial charge on any atom is 0.220 e. The van der Waals surface area contributed by atoms with Gasteiger partial charge in [0.15, 0.2) is 5.65 Å². The van der Waals surface area contributed by atoms with Crippen molar-refractivity contribution in [2.24, 2.45) is 5.92 Å². The Labute approximate surface area is 163 Å². The summed E-state index contributed by atoms with van der Waals surface area (Å²) in [6.45, 7) is 5.38. The van der Waals surface area contributed by atoms with Crippen molar-refractivity contribution in [2.45, 2.75) is 45.6 Å². The first kappa shape index (κ1) is 18.6. The lowest BCUT2D eigenvalue weighted by Gasteiger charge is -2.31. The molecule has 3 aromatic heterocycles. The lowest BCUT2D eigenvalue weighted by atomic mass is 9.91. The molecule has 0 aliphatic carbocycles. The molecule has 148 valence electrons. The summed E-state index contributed by atoms with van der Waals surface area (Å²) in [7, 11) is 0. The highest BCUT2D eigenvalue weighted by Gasteiger charge is 2.28. The van der Waals surface area contributed by atoms with Crippen LogP contribution >= 0.6 is 0 Å². The summed E-state index contributed by atoms with van der Waals surface area (Å²) < 4.78 is 7.76. The fraction of sp³-hybridized carbons (Fsp3) is 0.500. The standard InChI is InChI=1S/C20H26N6O2/c1-13-17(14(2)26-18(25-13)7-8-24-26)5-6-19(27)21-10-15-4-3-9-28-20(15)16-11-22-23-12-16/h7-8,11-12,15,20H,3-6,9-10H2,1-2H3,(H,21,27)(H,22,23)/t15-,20+/m0/s1. The molecule has 0 unspecified atom stereocenters. The minimum atomic E-state index is -0.0105. The second-order valence-electron chi connectivity index (χ2n) is 7.39. The average molecular weight is 382 g/mol. The molecular weight excluding hydrogens is 356 g/mol. The Hall–Kier alpha value is -2.74. The van der Waals surface area contributed by atoms with Gasteiger partial charge in [-0.05, 0) is 38.7 Å². The SMILES string of the molecule is Cc1nc2ccnn2c(C)c1CCC(=O)NC[C@@H]1CCCO[C@H]1c1cn[nH]c1. The van der Waals surface area contributed by atoms with E-state index in [-0.39, 0.29) is 17.9 Å². The Morgan fingerprint density at radius 3 is 3.14 bits per heavy atom. The first-order valence-electron chi connectivity index (χ1n) is 9.80. The van der Waals surface area contributed by atoms with Crippen molar-refractivity contribution in [3.05, 3.63) is 47.2 Å². The number of H-pyrrole nitrogens is 1. The quantitative estimate of drug-likeness (QED) is 0.682. The van der Waals surface area contributed by atoms with Crippen LogP contribution in [0.2, 0.25) is 0 Å². The molecule has 28 heavy (non-hydrogen) atoms. The van der Waals surface area contributed by atoms with E-state index in [0.717, 1.165) is 47.6 Å². The minimum Gasteiger partial charge on any atom is -0.373 e. The highest BCUT2D eigenvalue weighted by atomic mass is 16.5. The number of fused-ring (bicyclic) bond motifs is 1. The summed E-state index contributed by atoms with van der Waals surface area (Å²) in [5.41, 5.74) is 4.97. The van der Waals surface area contributed by atoms with Crippen LogP contribution in [0.3, 0.4) is 0 Å². The summed E-state index contributed by atoms with van der Waals surface area (Å²) in [6.07, 6.45) is 8.54. The van der Waals surface area contributed by atoms with Crippen molar-refractivity contribution in [3.63, 3.8) is 0 Å². The van der Waals surface area contributed by atoms with Crippen molar-refractivity contribution in [2.75, 3.05) is 13.2 Å². The van der Waals surface area contributed by atoms with Crippen molar-refractivity contribution >= 4 is 11.6 Å². The van der Waals surface area contributed by atoms with Crippen LogP contribution in [0, 0.1) is 19.8 Å². The van der Waals surface area contributed by atoms with E-state index in [1.807, 2.05) is 30.6 Å². The number of hydrogen-bond acceptors (Lipinski definition) is 5. The highest BCUT2D eigenvalue weighted by molar-refractivity contribution is 5.76. The molecule has 8 heteroatoms. The van der Waals surface area contributed by atoms with E-state index in [0.29, 0.717) is 19.4 Å². The summed E-state index contributed by atoms with van der Waals surface area (Å²) in [5.74, 6) is 0.316. The van der Waals surface area contributed by atoms with E-state index < -0.39 is 0 Å². The van der Waals surface area contributed by atoms with E-state index in [4.69, 9.17) is 4.74 Å². The van der Waals surface area contributed by atoms with Crippen LogP contribution in [0.15, 0.2) is 24.7 Å². The first-order valence-corrected chi connectivity index (χ1v) is 9.80. The second-order valence-corrected chi connectivity index (χ2v) is 7.39. The smallest absolute Gasteiger partial charge is 0.220 e. The number of nitrogens with zero attached hydrogens (tertiary/aromatic N) is 4. The normalized spacial score (nSPS) is 19.8. The molecule has 1 aliphatic rings. The number of rotatable bonds is 6. The Morgan fingerprint density at radius 1 is 1.43 bits per heavy atom. The van der Waals surface area contributed by atoms with Gasteiger partial charge in [-0.1, -0.05) is 0 Å². The van der Waals surface area contributed by atoms with Crippen molar-refractivity contribution < 1.29 is 9.53 Å². The molecule has 0 saturated carbocycles. The molecule has 1 saturated heterocycles. The van der Waals surface area contributed by atoms with Gasteiger partial charge in [0.05, 0.1) is 18.5 Å². The maximum atomic E-state index is 12.5. The first-order chi connectivity index (χ1) is 13.6. The Morgan fingerprint density at radius 2 is 2.32 bits per heavy atom. The van der Waals surface area contributed by atoms with Gasteiger partial charge in [-0.15, -0.1) is 0 Å². The van der Waals surface area contributed by atoms with Crippen LogP contribution in [0.25, 0.3) is 5.65 Å². The van der Waals surface area contributed by atoms with Gasteiger partial charge in [0.25, 0.3) is 0 Å². The summed E-state index contributed by atoms with van der Waals surface area (Å²) >= 11 is 0. The zero-order chi connectivity index (χ0) is 19.5. The number of aromatic amines is 1. The molecule has 0 bridgehead atoms. The lowest BCUT2D eigenvalue weighted by molar-refractivity contribution is -0.121. The van der Waals surface area contributed by atoms with Crippen LogP contribution in [-0.4, -0.2) is 43.9 Å². The molecule has 2 atom stereocenters. The zero-order valence-electron chi connectivity index (χ0n) is 16.3. The van der Waals surface area contributed by atoms with Crippen LogP contribution < -0.4 is 5.32 Å². The van der Waals surface area contributed by atoms with Gasteiger partial charge >= 0.3 is 0 Å². The number of aromatic nitrogens is 5. The molecule has 0 aromatic carbocycles. The molecule has 4 rings (SSSR count). The molecule has 8 nitrogen and oxygen atoms in total. The molecule has 1 amide bonds. The fourth-order valence-electron chi connectivity index (χ4n) is 4.04. The van der Waals surface area contributed by atoms with Gasteiger partial charge in [0, 0.05) is 54.7 Å². The van der Waals surface area contributed by atoms with Crippen molar-refractivity contribution in [3.8, 4) is 0 Å². The average Bonchev–Trinajstić information content (AvgIpc) is 3.38. The minimum absolute atomic E-state index is 0.0105. The van der Waals surface area contributed by atoms with E-state index >= 15 is 0 Å². The Balaban J connectivity index is 1.35. The number of nitrogens with one attached hydrogen (secondary N) is 2. The number of hydrogen-bond donors (Lipinski definition) is 2. The zero-order valence-corrected chi connectivity index (χ0v) is 16.3. The Kier molecular flexibility index (Phi) is 5.38. The van der Waals surface area contributed by atoms with Gasteiger partial charge in [0.1, 0.15) is 0 Å². The summed E-state index contributed by atoms with van der Waals surface area (Å²) in [5, 5.41) is 14.3. The maximum absolute atomic E-state index is 12.5. The molecular formula is C20H26N6O2. The van der Waals surface area contributed by atoms with Crippen LogP contribution in [0.4, 0.5) is 0 Å². The molecule has 4 heterocycles. The predicted octanol–water partition coefficient (Wildman–Crippen LogP) is 2.29. The van der Waals surface area contributed by atoms with Crippen molar-refractivity contribution in [1.82, 2.24) is 30.1 Å². The van der Waals surface area contributed by atoms with E-state index in [1.165, 1.54) is 0 Å². The molecule has 3 aromatic rings. The molecule has 2 N–H and O–H groups in total. The van der Waals surface area contributed by atoms with Gasteiger partial charge in [-0.25, -0.2) is 9.50 Å². The molecule has 0 radical (unpaired) electrons. The van der Waals surface area contributed by atoms with Gasteiger partial charge in [-0.3, -0.25) is 9.89 Å². The van der Waals surface area contributed by atoms with Crippen molar-refractivity contribution in [1.29, 1.82) is 0 Å². The molecule has 1 fully saturated rings. The van der Waals surface area contributed by atoms with Crippen LogP contribution in [0.1, 0.15) is 47.9 Å². The molecule has 0 spiro atoms. The predicted molar refractivity (Wildman–Crippen MR) is 104 cm³/mol. The van der Waals surface area contributed by atoms with E-state index in [2.05, 4.69) is 25.6 Å². The third kappa shape index (κ3) is 3.77. The third-order valence-electron chi connectivity index (χ3n) is 5.55. The van der Waals surface area contributed by atoms with Crippen LogP contribution in [-0.2, 0) is 16.0 Å². The lowest BCUT2D eigenvalue weighted by Crippen LogP contribution is -2.35. The Bertz CT molecular complexity index is 949. The fourth-order valence-corrected chi connectivity index (χ4v) is 4.04. The van der Waals surface area contributed by atoms with E-state index in [9.17, 15) is 4.79 Å². The number of carbonyl (C=O) groups excluding carboxylic acids is 1. The number of ether oxygens (including phenoxy) is 1. The van der Waals surface area contributed by atoms with Gasteiger partial charge < -0.3 is 10.1 Å². The number of aryl methyl sites for hydroxylation is 2. The molecule has 1 aliphatic heterocycles. The van der Waals surface area contributed by atoms with Gasteiger partial charge in [-0.2, -0.15) is 10.2 Å². The van der Waals surface area contributed by atoms with Gasteiger partial charge in [0.2, 0.25) is 5.91 Å².